The smallest absolute Gasteiger partial charge is 0.270 e. The molecule has 0 saturated heterocycles. The molecule has 1 heterocycles. The van der Waals surface area contributed by atoms with Gasteiger partial charge in [-0.1, -0.05) is 18.2 Å². The monoisotopic (exact) mass is 337 g/mol. The number of anilines is 1. The summed E-state index contributed by atoms with van der Waals surface area (Å²) in [6, 6.07) is 14.3. The molecule has 25 heavy (non-hydrogen) atoms. The van der Waals surface area contributed by atoms with Crippen molar-refractivity contribution in [1.29, 1.82) is 0 Å². The lowest BCUT2D eigenvalue weighted by Gasteiger charge is -2.11. The number of non-ortho nitro benzene ring substituents is 1. The topological polar surface area (TPSA) is 94.2 Å². The van der Waals surface area contributed by atoms with Crippen LogP contribution in [0.2, 0.25) is 0 Å². The van der Waals surface area contributed by atoms with Crippen LogP contribution in [0.15, 0.2) is 59.4 Å². The molecule has 0 atom stereocenters. The third kappa shape index (κ3) is 3.40. The molecular weight excluding hydrogens is 322 g/mol. The molecule has 1 aromatic heterocycles. The second-order valence-corrected chi connectivity index (χ2v) is 5.62. The first-order valence-corrected chi connectivity index (χ1v) is 7.59. The number of nitrogens with zero attached hydrogens (tertiary/aromatic N) is 2. The Labute approximate surface area is 142 Å². The number of carbonyl (C=O) groups is 1. The predicted octanol–water partition coefficient (Wildman–Crippen LogP) is 2.86. The van der Waals surface area contributed by atoms with Gasteiger partial charge in [0.25, 0.3) is 11.2 Å². The number of nitro benzene ring substituents is 1. The van der Waals surface area contributed by atoms with Crippen LogP contribution in [0.1, 0.15) is 5.56 Å². The fourth-order valence-electron chi connectivity index (χ4n) is 2.61. The van der Waals surface area contributed by atoms with Gasteiger partial charge in [-0.2, -0.15) is 0 Å². The molecule has 2 aromatic carbocycles. The first-order valence-electron chi connectivity index (χ1n) is 7.59. The maximum atomic E-state index is 12.3. The molecule has 7 heteroatoms. The molecule has 0 radical (unpaired) electrons. The van der Waals surface area contributed by atoms with Crippen LogP contribution in [0, 0.1) is 17.0 Å². The average molecular weight is 337 g/mol. The molecule has 0 aliphatic heterocycles. The number of carbonyl (C=O) groups excluding carboxylic acids is 1. The van der Waals surface area contributed by atoms with Gasteiger partial charge in [0.05, 0.1) is 10.4 Å². The second kappa shape index (κ2) is 6.56. The number of para-hydroxylation sites is 1. The Morgan fingerprint density at radius 1 is 1.16 bits per heavy atom. The zero-order valence-electron chi connectivity index (χ0n) is 13.4. The first-order chi connectivity index (χ1) is 12.0. The van der Waals surface area contributed by atoms with Crippen LogP contribution in [-0.4, -0.2) is 15.4 Å². The summed E-state index contributed by atoms with van der Waals surface area (Å²) in [5, 5.41) is 14.2. The molecule has 1 N–H and O–H groups in total. The molecular formula is C18H15N3O4. The summed E-state index contributed by atoms with van der Waals surface area (Å²) >= 11 is 0. The minimum absolute atomic E-state index is 0.0675. The lowest BCUT2D eigenvalue weighted by atomic mass is 10.2. The molecule has 0 saturated carbocycles. The molecule has 0 spiro atoms. The number of aromatic nitrogens is 1. The van der Waals surface area contributed by atoms with Crippen molar-refractivity contribution in [2.75, 3.05) is 5.32 Å². The van der Waals surface area contributed by atoms with Crippen LogP contribution in [-0.2, 0) is 11.3 Å². The molecule has 3 aromatic rings. The van der Waals surface area contributed by atoms with E-state index in [1.54, 1.807) is 6.07 Å². The van der Waals surface area contributed by atoms with Crippen molar-refractivity contribution in [2.24, 2.45) is 0 Å². The number of amides is 1. The van der Waals surface area contributed by atoms with Crippen molar-refractivity contribution in [2.45, 2.75) is 13.5 Å². The zero-order valence-corrected chi connectivity index (χ0v) is 13.4. The number of nitrogens with one attached hydrogen (secondary N) is 1. The summed E-state index contributed by atoms with van der Waals surface area (Å²) < 4.78 is 1.30. The van der Waals surface area contributed by atoms with Crippen LogP contribution in [0.4, 0.5) is 11.4 Å². The molecule has 0 bridgehead atoms. The highest BCUT2D eigenvalue weighted by Gasteiger charge is 2.12. The largest absolute Gasteiger partial charge is 0.324 e. The van der Waals surface area contributed by atoms with Gasteiger partial charge in [0.2, 0.25) is 5.91 Å². The van der Waals surface area contributed by atoms with E-state index in [2.05, 4.69) is 5.32 Å². The van der Waals surface area contributed by atoms with Gasteiger partial charge in [0.15, 0.2) is 0 Å². The summed E-state index contributed by atoms with van der Waals surface area (Å²) in [5.41, 5.74) is 1.65. The number of aryl methyl sites for hydroxylation is 1. The number of hydrogen-bond donors (Lipinski definition) is 1. The molecule has 7 nitrogen and oxygen atoms in total. The third-order valence-electron chi connectivity index (χ3n) is 3.91. The zero-order chi connectivity index (χ0) is 18.0. The van der Waals surface area contributed by atoms with E-state index < -0.39 is 4.92 Å². The SMILES string of the molecule is Cc1ccccc1NC(=O)Cn1c(=O)ccc2cc([N+](=O)[O-])ccc21. The Morgan fingerprint density at radius 2 is 1.92 bits per heavy atom. The van der Waals surface area contributed by atoms with E-state index in [0.29, 0.717) is 16.6 Å². The van der Waals surface area contributed by atoms with Gasteiger partial charge in [-0.25, -0.2) is 0 Å². The van der Waals surface area contributed by atoms with Crippen LogP contribution in [0.25, 0.3) is 10.9 Å². The minimum Gasteiger partial charge on any atom is -0.324 e. The summed E-state index contributed by atoms with van der Waals surface area (Å²) in [5.74, 6) is -0.345. The highest BCUT2D eigenvalue weighted by Crippen LogP contribution is 2.20. The Hall–Kier alpha value is -3.48. The van der Waals surface area contributed by atoms with Crippen molar-refractivity contribution >= 4 is 28.2 Å². The summed E-state index contributed by atoms with van der Waals surface area (Å²) in [6.45, 7) is 1.70. The number of pyridine rings is 1. The number of rotatable bonds is 4. The number of fused-ring (bicyclic) bond motifs is 1. The van der Waals surface area contributed by atoms with Crippen molar-refractivity contribution in [1.82, 2.24) is 4.57 Å². The Bertz CT molecular complexity index is 1040. The summed E-state index contributed by atoms with van der Waals surface area (Å²) in [4.78, 5) is 34.9. The summed E-state index contributed by atoms with van der Waals surface area (Å²) in [6.07, 6.45) is 0. The van der Waals surface area contributed by atoms with Crippen LogP contribution in [0.5, 0.6) is 0 Å². The second-order valence-electron chi connectivity index (χ2n) is 5.62. The van der Waals surface area contributed by atoms with Crippen LogP contribution >= 0.6 is 0 Å². The number of nitro groups is 1. The van der Waals surface area contributed by atoms with Gasteiger partial charge in [0.1, 0.15) is 6.54 Å². The van der Waals surface area contributed by atoms with E-state index in [-0.39, 0.29) is 23.7 Å². The first kappa shape index (κ1) is 16.4. The lowest BCUT2D eigenvalue weighted by molar-refractivity contribution is -0.384. The standard InChI is InChI=1S/C18H15N3O4/c1-12-4-2-3-5-15(12)19-17(22)11-20-16-8-7-14(21(24)25)10-13(16)6-9-18(20)23/h2-10H,11H2,1H3,(H,19,22). The predicted molar refractivity (Wildman–Crippen MR) is 94.7 cm³/mol. The van der Waals surface area contributed by atoms with Gasteiger partial charge in [-0.05, 0) is 30.7 Å². The van der Waals surface area contributed by atoms with Crippen molar-refractivity contribution in [3.63, 3.8) is 0 Å². The van der Waals surface area contributed by atoms with E-state index in [0.717, 1.165) is 5.56 Å². The number of benzene rings is 2. The highest BCUT2D eigenvalue weighted by molar-refractivity contribution is 5.92. The maximum absolute atomic E-state index is 12.3. The fourth-order valence-corrected chi connectivity index (χ4v) is 2.61. The summed E-state index contributed by atoms with van der Waals surface area (Å²) in [7, 11) is 0. The Balaban J connectivity index is 1.94. The van der Waals surface area contributed by atoms with E-state index in [4.69, 9.17) is 0 Å². The molecule has 3 rings (SSSR count). The number of hydrogen-bond acceptors (Lipinski definition) is 4. The normalized spacial score (nSPS) is 10.6. The van der Waals surface area contributed by atoms with E-state index in [1.165, 1.54) is 34.9 Å². The van der Waals surface area contributed by atoms with Crippen LogP contribution in [0.3, 0.4) is 0 Å². The molecule has 126 valence electrons. The maximum Gasteiger partial charge on any atom is 0.270 e. The fraction of sp³-hybridized carbons (Fsp3) is 0.111. The van der Waals surface area contributed by atoms with Crippen LogP contribution < -0.4 is 10.9 Å². The van der Waals surface area contributed by atoms with Crippen molar-refractivity contribution < 1.29 is 9.72 Å². The van der Waals surface area contributed by atoms with E-state index in [9.17, 15) is 19.7 Å². The molecule has 0 aliphatic carbocycles. The quantitative estimate of drug-likeness (QED) is 0.585. The average Bonchev–Trinajstić information content (AvgIpc) is 2.59. The lowest BCUT2D eigenvalue weighted by Crippen LogP contribution is -2.27. The molecule has 1 amide bonds. The van der Waals surface area contributed by atoms with Gasteiger partial charge in [0, 0.05) is 29.3 Å². The van der Waals surface area contributed by atoms with E-state index in [1.807, 2.05) is 25.1 Å². The molecule has 0 unspecified atom stereocenters. The van der Waals surface area contributed by atoms with Crippen molar-refractivity contribution in [3.8, 4) is 0 Å². The van der Waals surface area contributed by atoms with Gasteiger partial charge in [-0.3, -0.25) is 24.3 Å². The Morgan fingerprint density at radius 3 is 2.64 bits per heavy atom. The third-order valence-corrected chi connectivity index (χ3v) is 3.91. The highest BCUT2D eigenvalue weighted by atomic mass is 16.6. The van der Waals surface area contributed by atoms with Crippen molar-refractivity contribution in [3.05, 3.63) is 80.6 Å². The van der Waals surface area contributed by atoms with Gasteiger partial charge >= 0.3 is 0 Å². The minimum atomic E-state index is -0.500. The van der Waals surface area contributed by atoms with E-state index >= 15 is 0 Å². The Kier molecular flexibility index (Phi) is 4.30. The molecule has 0 aliphatic rings. The van der Waals surface area contributed by atoms with Gasteiger partial charge in [-0.15, -0.1) is 0 Å². The van der Waals surface area contributed by atoms with Gasteiger partial charge < -0.3 is 5.32 Å². The molecule has 0 fully saturated rings.